The molecule has 0 spiro atoms. The van der Waals surface area contributed by atoms with Crippen molar-refractivity contribution in [2.45, 2.75) is 32.8 Å². The molecule has 2 aromatic rings. The SMILES string of the molecule is CC(C)=CCc1cc([C@@H]2CC(=O)c3c(O)cc(O)c(O)c3O2)ccc1O. The van der Waals surface area contributed by atoms with Crippen molar-refractivity contribution in [2.75, 3.05) is 0 Å². The fourth-order valence-corrected chi connectivity index (χ4v) is 2.93. The summed E-state index contributed by atoms with van der Waals surface area (Å²) in [7, 11) is 0. The summed E-state index contributed by atoms with van der Waals surface area (Å²) in [6.45, 7) is 3.92. The lowest BCUT2D eigenvalue weighted by molar-refractivity contribution is 0.0836. The fraction of sp³-hybridized carbons (Fsp3) is 0.250. The van der Waals surface area contributed by atoms with Crippen LogP contribution in [-0.4, -0.2) is 26.2 Å². The molecule has 0 amide bonds. The maximum absolute atomic E-state index is 12.4. The molecule has 0 saturated carbocycles. The van der Waals surface area contributed by atoms with E-state index in [1.54, 1.807) is 12.1 Å². The number of ketones is 1. The van der Waals surface area contributed by atoms with Crippen LogP contribution in [0.15, 0.2) is 35.9 Å². The molecule has 0 aromatic heterocycles. The number of hydrogen-bond acceptors (Lipinski definition) is 6. The minimum atomic E-state index is -0.701. The van der Waals surface area contributed by atoms with Crippen molar-refractivity contribution in [3.8, 4) is 28.7 Å². The first-order chi connectivity index (χ1) is 12.3. The van der Waals surface area contributed by atoms with Gasteiger partial charge in [-0.15, -0.1) is 0 Å². The molecule has 0 aliphatic carbocycles. The highest BCUT2D eigenvalue weighted by Gasteiger charge is 2.34. The number of fused-ring (bicyclic) bond motifs is 1. The van der Waals surface area contributed by atoms with Crippen molar-refractivity contribution < 1.29 is 30.0 Å². The number of rotatable bonds is 3. The average Bonchev–Trinajstić information content (AvgIpc) is 2.58. The first kappa shape index (κ1) is 17.7. The van der Waals surface area contributed by atoms with Crippen molar-refractivity contribution in [3.05, 3.63) is 52.6 Å². The van der Waals surface area contributed by atoms with Crippen LogP contribution < -0.4 is 4.74 Å². The van der Waals surface area contributed by atoms with Gasteiger partial charge in [0.15, 0.2) is 17.3 Å². The molecule has 0 saturated heterocycles. The van der Waals surface area contributed by atoms with Crippen LogP contribution in [-0.2, 0) is 6.42 Å². The topological polar surface area (TPSA) is 107 Å². The Balaban J connectivity index is 1.99. The molecule has 0 fully saturated rings. The number of phenols is 4. The third-order valence-corrected chi connectivity index (χ3v) is 4.33. The summed E-state index contributed by atoms with van der Waals surface area (Å²) in [5, 5.41) is 39.6. The Morgan fingerprint density at radius 1 is 1.12 bits per heavy atom. The van der Waals surface area contributed by atoms with E-state index in [-0.39, 0.29) is 23.5 Å². The molecule has 0 bridgehead atoms. The quantitative estimate of drug-likeness (QED) is 0.379. The number of hydrogen-bond donors (Lipinski definition) is 4. The van der Waals surface area contributed by atoms with Gasteiger partial charge in [0.1, 0.15) is 23.2 Å². The van der Waals surface area contributed by atoms with Gasteiger partial charge in [0.2, 0.25) is 5.75 Å². The largest absolute Gasteiger partial charge is 0.508 e. The standard InChI is InChI=1S/C20H20O6/c1-10(2)3-4-11-7-12(5-6-13(11)21)17-9-15(23)18-14(22)8-16(24)19(25)20(18)26-17/h3,5-8,17,21-22,24-25H,4,9H2,1-2H3/t17-/m0/s1. The van der Waals surface area contributed by atoms with Gasteiger partial charge in [-0.1, -0.05) is 17.7 Å². The van der Waals surface area contributed by atoms with Crippen molar-refractivity contribution >= 4 is 5.78 Å². The highest BCUT2D eigenvalue weighted by Crippen LogP contribution is 2.49. The van der Waals surface area contributed by atoms with E-state index in [1.165, 1.54) is 6.07 Å². The van der Waals surface area contributed by atoms with Crippen LogP contribution in [0.25, 0.3) is 0 Å². The van der Waals surface area contributed by atoms with Crippen LogP contribution in [0.1, 0.15) is 47.9 Å². The zero-order chi connectivity index (χ0) is 19.0. The van der Waals surface area contributed by atoms with Gasteiger partial charge in [-0.2, -0.15) is 0 Å². The van der Waals surface area contributed by atoms with Gasteiger partial charge >= 0.3 is 0 Å². The minimum Gasteiger partial charge on any atom is -0.508 e. The van der Waals surface area contributed by atoms with E-state index in [1.807, 2.05) is 19.9 Å². The van der Waals surface area contributed by atoms with E-state index in [2.05, 4.69) is 0 Å². The smallest absolute Gasteiger partial charge is 0.201 e. The zero-order valence-electron chi connectivity index (χ0n) is 14.5. The molecule has 0 unspecified atom stereocenters. The zero-order valence-corrected chi connectivity index (χ0v) is 14.5. The number of benzene rings is 2. The summed E-state index contributed by atoms with van der Waals surface area (Å²) in [5.74, 6) is -2.07. The average molecular weight is 356 g/mol. The first-order valence-corrected chi connectivity index (χ1v) is 8.20. The van der Waals surface area contributed by atoms with Crippen molar-refractivity contribution in [1.29, 1.82) is 0 Å². The van der Waals surface area contributed by atoms with E-state index in [4.69, 9.17) is 4.74 Å². The van der Waals surface area contributed by atoms with Gasteiger partial charge < -0.3 is 25.2 Å². The lowest BCUT2D eigenvalue weighted by Gasteiger charge is -2.27. The summed E-state index contributed by atoms with van der Waals surface area (Å²) in [4.78, 5) is 12.4. The normalized spacial score (nSPS) is 15.9. The number of phenolic OH excluding ortho intramolecular Hbond substituents is 4. The Labute approximate surface area is 150 Å². The number of allylic oxidation sites excluding steroid dienone is 2. The Kier molecular flexibility index (Phi) is 4.50. The molecule has 0 radical (unpaired) electrons. The monoisotopic (exact) mass is 356 g/mol. The lowest BCUT2D eigenvalue weighted by Crippen LogP contribution is -2.20. The molecular formula is C20H20O6. The molecule has 1 aliphatic heterocycles. The summed E-state index contributed by atoms with van der Waals surface area (Å²) < 4.78 is 5.71. The maximum Gasteiger partial charge on any atom is 0.201 e. The van der Waals surface area contributed by atoms with Gasteiger partial charge in [0.25, 0.3) is 0 Å². The number of Topliss-reactive ketones (excluding diaryl/α,β-unsaturated/α-hetero) is 1. The van der Waals surface area contributed by atoms with Crippen LogP contribution in [0.3, 0.4) is 0 Å². The molecule has 1 atom stereocenters. The third kappa shape index (κ3) is 3.18. The van der Waals surface area contributed by atoms with Crippen LogP contribution >= 0.6 is 0 Å². The highest BCUT2D eigenvalue weighted by atomic mass is 16.5. The second kappa shape index (κ2) is 6.63. The highest BCUT2D eigenvalue weighted by molar-refractivity contribution is 6.03. The Morgan fingerprint density at radius 3 is 2.54 bits per heavy atom. The minimum absolute atomic E-state index is 0.0301. The fourth-order valence-electron chi connectivity index (χ4n) is 2.93. The number of aromatic hydroxyl groups is 4. The van der Waals surface area contributed by atoms with Crippen molar-refractivity contribution in [3.63, 3.8) is 0 Å². The molecule has 26 heavy (non-hydrogen) atoms. The number of ether oxygens (including phenoxy) is 1. The van der Waals surface area contributed by atoms with E-state index >= 15 is 0 Å². The number of carbonyl (C=O) groups is 1. The maximum atomic E-state index is 12.4. The van der Waals surface area contributed by atoms with Gasteiger partial charge in [-0.05, 0) is 43.5 Å². The molecule has 4 N–H and O–H groups in total. The van der Waals surface area contributed by atoms with Gasteiger partial charge in [-0.3, -0.25) is 4.79 Å². The van der Waals surface area contributed by atoms with E-state index in [0.717, 1.165) is 11.6 Å². The van der Waals surface area contributed by atoms with Crippen molar-refractivity contribution in [1.82, 2.24) is 0 Å². The van der Waals surface area contributed by atoms with Gasteiger partial charge in [0, 0.05) is 6.07 Å². The predicted octanol–water partition coefficient (Wildman–Crippen LogP) is 3.72. The van der Waals surface area contributed by atoms with E-state index in [0.29, 0.717) is 17.5 Å². The summed E-state index contributed by atoms with van der Waals surface area (Å²) in [6, 6.07) is 5.84. The Hall–Kier alpha value is -3.15. The Morgan fingerprint density at radius 2 is 1.85 bits per heavy atom. The lowest BCUT2D eigenvalue weighted by atomic mass is 9.93. The second-order valence-corrected chi connectivity index (χ2v) is 6.58. The van der Waals surface area contributed by atoms with Gasteiger partial charge in [0.05, 0.1) is 6.42 Å². The predicted molar refractivity (Wildman–Crippen MR) is 95.0 cm³/mol. The Bertz CT molecular complexity index is 909. The van der Waals surface area contributed by atoms with Crippen LogP contribution in [0.4, 0.5) is 0 Å². The third-order valence-electron chi connectivity index (χ3n) is 4.33. The summed E-state index contributed by atoms with van der Waals surface area (Å²) >= 11 is 0. The van der Waals surface area contributed by atoms with E-state index < -0.39 is 29.1 Å². The molecule has 1 heterocycles. The molecule has 6 heteroatoms. The summed E-state index contributed by atoms with van der Waals surface area (Å²) in [5.41, 5.74) is 2.32. The number of carbonyl (C=O) groups excluding carboxylic acids is 1. The van der Waals surface area contributed by atoms with Crippen LogP contribution in [0, 0.1) is 0 Å². The van der Waals surface area contributed by atoms with Crippen LogP contribution in [0.2, 0.25) is 0 Å². The second-order valence-electron chi connectivity index (χ2n) is 6.58. The first-order valence-electron chi connectivity index (χ1n) is 8.20. The molecule has 3 rings (SSSR count). The molecule has 2 aromatic carbocycles. The van der Waals surface area contributed by atoms with Crippen molar-refractivity contribution in [2.24, 2.45) is 0 Å². The summed E-state index contributed by atoms with van der Waals surface area (Å²) in [6.07, 6.45) is 1.78. The molecule has 136 valence electrons. The molecule has 6 nitrogen and oxygen atoms in total. The molecular weight excluding hydrogens is 336 g/mol. The van der Waals surface area contributed by atoms with Gasteiger partial charge in [-0.25, -0.2) is 0 Å². The van der Waals surface area contributed by atoms with E-state index in [9.17, 15) is 25.2 Å². The van der Waals surface area contributed by atoms with Crippen LogP contribution in [0.5, 0.6) is 28.7 Å². The molecule has 1 aliphatic rings.